The quantitative estimate of drug-likeness (QED) is 0.839. The highest BCUT2D eigenvalue weighted by Gasteiger charge is 2.34. The molecule has 2 aromatic rings. The summed E-state index contributed by atoms with van der Waals surface area (Å²) >= 11 is 0. The molecular formula is C14H19N5. The van der Waals surface area contributed by atoms with E-state index in [1.165, 1.54) is 12.8 Å². The van der Waals surface area contributed by atoms with Gasteiger partial charge in [-0.1, -0.05) is 25.0 Å². The van der Waals surface area contributed by atoms with E-state index in [0.717, 1.165) is 35.5 Å². The summed E-state index contributed by atoms with van der Waals surface area (Å²) in [5.74, 6) is 0.816. The number of anilines is 1. The molecule has 100 valence electrons. The fourth-order valence-corrected chi connectivity index (χ4v) is 2.86. The standard InChI is InChI=1S/C14H19N5/c1-10-5-6-11(9-12(10)15)13-16-17-18-19(13)14(2)7-3-4-8-14/h5-6,9H,3-4,7-8,15H2,1-2H3. The molecule has 1 aromatic heterocycles. The van der Waals surface area contributed by atoms with Crippen LogP contribution in [0.5, 0.6) is 0 Å². The van der Waals surface area contributed by atoms with Crippen molar-refractivity contribution < 1.29 is 0 Å². The smallest absolute Gasteiger partial charge is 0.182 e. The van der Waals surface area contributed by atoms with Gasteiger partial charge < -0.3 is 5.73 Å². The number of hydrogen-bond acceptors (Lipinski definition) is 4. The molecule has 0 amide bonds. The third kappa shape index (κ3) is 1.99. The van der Waals surface area contributed by atoms with Crippen LogP contribution in [-0.4, -0.2) is 20.2 Å². The summed E-state index contributed by atoms with van der Waals surface area (Å²) in [5.41, 5.74) is 8.87. The van der Waals surface area contributed by atoms with Gasteiger partial charge in [0.1, 0.15) is 0 Å². The summed E-state index contributed by atoms with van der Waals surface area (Å²) in [6.07, 6.45) is 4.75. The average molecular weight is 257 g/mol. The first kappa shape index (κ1) is 12.1. The molecule has 0 radical (unpaired) electrons. The highest BCUT2D eigenvalue weighted by Crippen LogP contribution is 2.37. The molecule has 0 atom stereocenters. The van der Waals surface area contributed by atoms with Crippen molar-refractivity contribution in [2.75, 3.05) is 5.73 Å². The Balaban J connectivity index is 2.06. The lowest BCUT2D eigenvalue weighted by molar-refractivity contribution is 0.293. The third-order valence-corrected chi connectivity index (χ3v) is 4.20. The molecule has 5 nitrogen and oxygen atoms in total. The lowest BCUT2D eigenvalue weighted by Gasteiger charge is -2.24. The molecule has 3 rings (SSSR count). The number of aromatic nitrogens is 4. The van der Waals surface area contributed by atoms with Gasteiger partial charge >= 0.3 is 0 Å². The van der Waals surface area contributed by atoms with Crippen LogP contribution in [0.4, 0.5) is 5.69 Å². The SMILES string of the molecule is Cc1ccc(-c2nnnn2C2(C)CCCC2)cc1N. The summed E-state index contributed by atoms with van der Waals surface area (Å²) in [5, 5.41) is 12.3. The summed E-state index contributed by atoms with van der Waals surface area (Å²) in [7, 11) is 0. The van der Waals surface area contributed by atoms with E-state index in [9.17, 15) is 0 Å². The third-order valence-electron chi connectivity index (χ3n) is 4.20. The monoisotopic (exact) mass is 257 g/mol. The van der Waals surface area contributed by atoms with Crippen molar-refractivity contribution in [3.8, 4) is 11.4 Å². The molecule has 2 N–H and O–H groups in total. The molecule has 1 aromatic carbocycles. The largest absolute Gasteiger partial charge is 0.398 e. The Kier molecular flexibility index (Phi) is 2.77. The van der Waals surface area contributed by atoms with Gasteiger partial charge in [0.25, 0.3) is 0 Å². The van der Waals surface area contributed by atoms with E-state index in [0.29, 0.717) is 0 Å². The molecule has 1 fully saturated rings. The van der Waals surface area contributed by atoms with Gasteiger partial charge in [0.15, 0.2) is 5.82 Å². The minimum atomic E-state index is 0.0402. The lowest BCUT2D eigenvalue weighted by atomic mass is 10.00. The van der Waals surface area contributed by atoms with Crippen LogP contribution < -0.4 is 5.73 Å². The molecule has 0 bridgehead atoms. The van der Waals surface area contributed by atoms with Crippen molar-refractivity contribution in [2.45, 2.75) is 45.1 Å². The Morgan fingerprint density at radius 2 is 2.00 bits per heavy atom. The Hall–Kier alpha value is -1.91. The van der Waals surface area contributed by atoms with E-state index < -0.39 is 0 Å². The van der Waals surface area contributed by atoms with Crippen LogP contribution >= 0.6 is 0 Å². The Morgan fingerprint density at radius 3 is 2.68 bits per heavy atom. The fourth-order valence-electron chi connectivity index (χ4n) is 2.86. The highest BCUT2D eigenvalue weighted by atomic mass is 15.6. The van der Waals surface area contributed by atoms with Crippen molar-refractivity contribution in [1.82, 2.24) is 20.2 Å². The van der Waals surface area contributed by atoms with Crippen molar-refractivity contribution in [2.24, 2.45) is 0 Å². The van der Waals surface area contributed by atoms with Crippen molar-refractivity contribution >= 4 is 5.69 Å². The second-order valence-corrected chi connectivity index (χ2v) is 5.69. The van der Waals surface area contributed by atoms with Crippen LogP contribution in [0.3, 0.4) is 0 Å². The van der Waals surface area contributed by atoms with Crippen molar-refractivity contribution in [1.29, 1.82) is 0 Å². The predicted octanol–water partition coefficient (Wildman–Crippen LogP) is 2.52. The predicted molar refractivity (Wildman–Crippen MR) is 74.5 cm³/mol. The van der Waals surface area contributed by atoms with Gasteiger partial charge in [-0.25, -0.2) is 4.68 Å². The first-order chi connectivity index (χ1) is 9.10. The molecule has 5 heteroatoms. The number of aryl methyl sites for hydroxylation is 1. The molecule has 1 aliphatic carbocycles. The maximum atomic E-state index is 5.99. The van der Waals surface area contributed by atoms with Crippen LogP contribution in [-0.2, 0) is 5.54 Å². The molecule has 0 spiro atoms. The zero-order valence-electron chi connectivity index (χ0n) is 11.4. The number of tetrazole rings is 1. The molecule has 1 saturated carbocycles. The molecule has 0 unspecified atom stereocenters. The van der Waals surface area contributed by atoms with E-state index in [2.05, 4.69) is 22.4 Å². The number of rotatable bonds is 2. The Labute approximate surface area is 112 Å². The molecule has 0 saturated heterocycles. The molecule has 19 heavy (non-hydrogen) atoms. The highest BCUT2D eigenvalue weighted by molar-refractivity contribution is 5.63. The summed E-state index contributed by atoms with van der Waals surface area (Å²) in [6, 6.07) is 6.00. The van der Waals surface area contributed by atoms with Crippen LogP contribution in [0.25, 0.3) is 11.4 Å². The number of nitrogens with zero attached hydrogens (tertiary/aromatic N) is 4. The Bertz CT molecular complexity index is 596. The van der Waals surface area contributed by atoms with Crippen molar-refractivity contribution in [3.05, 3.63) is 23.8 Å². The molecule has 0 aliphatic heterocycles. The van der Waals surface area contributed by atoms with Crippen LogP contribution in [0.15, 0.2) is 18.2 Å². The van der Waals surface area contributed by atoms with E-state index in [4.69, 9.17) is 5.73 Å². The second-order valence-electron chi connectivity index (χ2n) is 5.69. The summed E-state index contributed by atoms with van der Waals surface area (Å²) in [6.45, 7) is 4.23. The minimum Gasteiger partial charge on any atom is -0.398 e. The lowest BCUT2D eigenvalue weighted by Crippen LogP contribution is -2.28. The van der Waals surface area contributed by atoms with Crippen LogP contribution in [0.2, 0.25) is 0 Å². The average Bonchev–Trinajstić information content (AvgIpc) is 3.02. The van der Waals surface area contributed by atoms with E-state index in [-0.39, 0.29) is 5.54 Å². The number of nitrogen functional groups attached to an aromatic ring is 1. The van der Waals surface area contributed by atoms with E-state index in [1.807, 2.05) is 29.8 Å². The normalized spacial score (nSPS) is 17.8. The first-order valence-corrected chi connectivity index (χ1v) is 6.75. The fraction of sp³-hybridized carbons (Fsp3) is 0.500. The van der Waals surface area contributed by atoms with Gasteiger partial charge in [0.05, 0.1) is 5.54 Å². The van der Waals surface area contributed by atoms with E-state index >= 15 is 0 Å². The minimum absolute atomic E-state index is 0.0402. The van der Waals surface area contributed by atoms with Gasteiger partial charge in [0.2, 0.25) is 0 Å². The summed E-state index contributed by atoms with van der Waals surface area (Å²) in [4.78, 5) is 0. The zero-order valence-corrected chi connectivity index (χ0v) is 11.4. The van der Waals surface area contributed by atoms with Gasteiger partial charge in [0, 0.05) is 11.3 Å². The number of nitrogens with two attached hydrogens (primary N) is 1. The molecule has 1 heterocycles. The van der Waals surface area contributed by atoms with Gasteiger partial charge in [-0.3, -0.25) is 0 Å². The van der Waals surface area contributed by atoms with Gasteiger partial charge in [-0.15, -0.1) is 5.10 Å². The van der Waals surface area contributed by atoms with Gasteiger partial charge in [-0.2, -0.15) is 0 Å². The van der Waals surface area contributed by atoms with Crippen LogP contribution in [0.1, 0.15) is 38.2 Å². The van der Waals surface area contributed by atoms with Gasteiger partial charge in [-0.05, 0) is 48.7 Å². The number of benzene rings is 1. The van der Waals surface area contributed by atoms with Crippen molar-refractivity contribution in [3.63, 3.8) is 0 Å². The first-order valence-electron chi connectivity index (χ1n) is 6.75. The maximum absolute atomic E-state index is 5.99. The molecule has 1 aliphatic rings. The second kappa shape index (κ2) is 4.33. The molecular weight excluding hydrogens is 238 g/mol. The topological polar surface area (TPSA) is 69.6 Å². The van der Waals surface area contributed by atoms with Crippen LogP contribution in [0, 0.1) is 6.92 Å². The maximum Gasteiger partial charge on any atom is 0.182 e. The Morgan fingerprint density at radius 1 is 1.26 bits per heavy atom. The zero-order chi connectivity index (χ0) is 13.5. The van der Waals surface area contributed by atoms with E-state index in [1.54, 1.807) is 0 Å². The number of hydrogen-bond donors (Lipinski definition) is 1. The summed E-state index contributed by atoms with van der Waals surface area (Å²) < 4.78 is 1.98.